The van der Waals surface area contributed by atoms with E-state index in [1.165, 1.54) is 0 Å². The van der Waals surface area contributed by atoms with Crippen LogP contribution in [0.3, 0.4) is 0 Å². The summed E-state index contributed by atoms with van der Waals surface area (Å²) in [5.74, 6) is 1.74. The topological polar surface area (TPSA) is 47.0 Å². The summed E-state index contributed by atoms with van der Waals surface area (Å²) < 4.78 is 6.69. The Balaban J connectivity index is 2.87. The minimum atomic E-state index is 0.502. The number of aromatic nitrogens is 2. The van der Waals surface area contributed by atoms with Crippen molar-refractivity contribution in [2.75, 3.05) is 18.5 Å². The average Bonchev–Trinajstić information content (AvgIpc) is 2.41. The van der Waals surface area contributed by atoms with Gasteiger partial charge in [-0.1, -0.05) is 27.2 Å². The molecule has 0 bridgehead atoms. The molecule has 0 amide bonds. The van der Waals surface area contributed by atoms with Crippen LogP contribution in [-0.2, 0) is 17.8 Å². The van der Waals surface area contributed by atoms with E-state index in [1.807, 2.05) is 0 Å². The monoisotopic (exact) mass is 377 g/mol. The number of rotatable bonds is 9. The molecule has 1 aromatic rings. The van der Waals surface area contributed by atoms with Gasteiger partial charge in [0.05, 0.1) is 9.26 Å². The molecule has 0 aliphatic heterocycles. The molecule has 1 N–H and O–H groups in total. The van der Waals surface area contributed by atoms with Gasteiger partial charge < -0.3 is 10.1 Å². The summed E-state index contributed by atoms with van der Waals surface area (Å²) in [5, 5.41) is 3.38. The highest BCUT2D eigenvalue weighted by molar-refractivity contribution is 14.1. The van der Waals surface area contributed by atoms with Gasteiger partial charge in [-0.25, -0.2) is 9.97 Å². The molecule has 0 aliphatic carbocycles. The van der Waals surface area contributed by atoms with E-state index in [0.29, 0.717) is 6.61 Å². The molecule has 108 valence electrons. The number of halogens is 1. The molecular weight excluding hydrogens is 353 g/mol. The van der Waals surface area contributed by atoms with Crippen molar-refractivity contribution in [3.8, 4) is 0 Å². The Bertz CT molecular complexity index is 385. The van der Waals surface area contributed by atoms with Crippen molar-refractivity contribution in [3.63, 3.8) is 0 Å². The Labute approximate surface area is 129 Å². The third-order valence-electron chi connectivity index (χ3n) is 2.58. The molecule has 19 heavy (non-hydrogen) atoms. The molecule has 0 unspecified atom stereocenters. The van der Waals surface area contributed by atoms with Crippen LogP contribution in [0.2, 0.25) is 0 Å². The van der Waals surface area contributed by atoms with Crippen LogP contribution in [0.1, 0.15) is 51.6 Å². The zero-order chi connectivity index (χ0) is 14.1. The standard InChI is InChI=1S/C14H24IN3O/c1-4-7-11-13(15)14(16-8-5-2)18-12(17-11)10-19-9-6-3/h4-10H2,1-3H3,(H,16,17,18). The summed E-state index contributed by atoms with van der Waals surface area (Å²) in [5.41, 5.74) is 1.13. The van der Waals surface area contributed by atoms with Gasteiger partial charge in [-0.2, -0.15) is 0 Å². The van der Waals surface area contributed by atoms with Crippen molar-refractivity contribution in [1.29, 1.82) is 0 Å². The van der Waals surface area contributed by atoms with E-state index in [0.717, 1.165) is 59.7 Å². The molecule has 0 saturated carbocycles. The fourth-order valence-corrected chi connectivity index (χ4v) is 2.38. The smallest absolute Gasteiger partial charge is 0.156 e. The van der Waals surface area contributed by atoms with E-state index in [9.17, 15) is 0 Å². The van der Waals surface area contributed by atoms with Gasteiger partial charge in [0.25, 0.3) is 0 Å². The molecule has 0 saturated heterocycles. The van der Waals surface area contributed by atoms with Crippen LogP contribution in [0.4, 0.5) is 5.82 Å². The molecule has 5 heteroatoms. The predicted octanol–water partition coefficient (Wildman–Crippen LogP) is 3.78. The minimum absolute atomic E-state index is 0.502. The highest BCUT2D eigenvalue weighted by Crippen LogP contribution is 2.20. The highest BCUT2D eigenvalue weighted by atomic mass is 127. The number of hydrogen-bond acceptors (Lipinski definition) is 4. The number of nitrogens with zero attached hydrogens (tertiary/aromatic N) is 2. The van der Waals surface area contributed by atoms with Crippen molar-refractivity contribution in [2.24, 2.45) is 0 Å². The molecule has 0 atom stereocenters. The second kappa shape index (κ2) is 9.47. The first kappa shape index (κ1) is 16.6. The summed E-state index contributed by atoms with van der Waals surface area (Å²) in [6.45, 7) is 8.63. The zero-order valence-electron chi connectivity index (χ0n) is 12.1. The van der Waals surface area contributed by atoms with E-state index in [4.69, 9.17) is 4.74 Å². The van der Waals surface area contributed by atoms with Crippen molar-refractivity contribution >= 4 is 28.4 Å². The van der Waals surface area contributed by atoms with Gasteiger partial charge in [0.15, 0.2) is 5.82 Å². The van der Waals surface area contributed by atoms with Gasteiger partial charge in [0.1, 0.15) is 12.4 Å². The van der Waals surface area contributed by atoms with E-state index < -0.39 is 0 Å². The Morgan fingerprint density at radius 3 is 2.53 bits per heavy atom. The molecule has 0 aromatic carbocycles. The fraction of sp³-hybridized carbons (Fsp3) is 0.714. The molecule has 0 fully saturated rings. The maximum Gasteiger partial charge on any atom is 0.156 e. The molecule has 0 radical (unpaired) electrons. The Morgan fingerprint density at radius 2 is 1.89 bits per heavy atom. The maximum absolute atomic E-state index is 5.55. The second-order valence-corrected chi connectivity index (χ2v) is 5.56. The average molecular weight is 377 g/mol. The number of nitrogens with one attached hydrogen (secondary N) is 1. The SMILES string of the molecule is CCCNc1nc(COCCC)nc(CCC)c1I. The van der Waals surface area contributed by atoms with Crippen LogP contribution in [0.25, 0.3) is 0 Å². The number of aryl methyl sites for hydroxylation is 1. The Kier molecular flexibility index (Phi) is 8.29. The molecular formula is C14H24IN3O. The Hall–Kier alpha value is -0.430. The van der Waals surface area contributed by atoms with Crippen LogP contribution < -0.4 is 5.32 Å². The first-order valence-electron chi connectivity index (χ1n) is 7.09. The van der Waals surface area contributed by atoms with Crippen molar-refractivity contribution < 1.29 is 4.74 Å². The largest absolute Gasteiger partial charge is 0.373 e. The van der Waals surface area contributed by atoms with Crippen LogP contribution in [0.15, 0.2) is 0 Å². The summed E-state index contributed by atoms with van der Waals surface area (Å²) in [6, 6.07) is 0. The Morgan fingerprint density at radius 1 is 1.11 bits per heavy atom. The number of ether oxygens (including phenoxy) is 1. The zero-order valence-corrected chi connectivity index (χ0v) is 14.3. The van der Waals surface area contributed by atoms with E-state index in [-0.39, 0.29) is 0 Å². The van der Waals surface area contributed by atoms with E-state index in [1.54, 1.807) is 0 Å². The maximum atomic E-state index is 5.55. The summed E-state index contributed by atoms with van der Waals surface area (Å²) >= 11 is 2.34. The summed E-state index contributed by atoms with van der Waals surface area (Å²) in [4.78, 5) is 9.19. The third-order valence-corrected chi connectivity index (χ3v) is 3.71. The minimum Gasteiger partial charge on any atom is -0.373 e. The molecule has 0 spiro atoms. The lowest BCUT2D eigenvalue weighted by Crippen LogP contribution is -2.11. The van der Waals surface area contributed by atoms with Crippen LogP contribution in [0.5, 0.6) is 0 Å². The quantitative estimate of drug-likeness (QED) is 0.526. The molecule has 4 nitrogen and oxygen atoms in total. The summed E-state index contributed by atoms with van der Waals surface area (Å²) in [7, 11) is 0. The van der Waals surface area contributed by atoms with Crippen molar-refractivity contribution in [1.82, 2.24) is 9.97 Å². The lowest BCUT2D eigenvalue weighted by atomic mass is 10.2. The number of anilines is 1. The first-order valence-corrected chi connectivity index (χ1v) is 8.17. The lowest BCUT2D eigenvalue weighted by Gasteiger charge is -2.12. The lowest BCUT2D eigenvalue weighted by molar-refractivity contribution is 0.116. The first-order chi connectivity index (χ1) is 9.22. The van der Waals surface area contributed by atoms with Crippen molar-refractivity contribution in [3.05, 3.63) is 15.1 Å². The van der Waals surface area contributed by atoms with Crippen molar-refractivity contribution in [2.45, 2.75) is 53.1 Å². The predicted molar refractivity (Wildman–Crippen MR) is 87.5 cm³/mol. The molecule has 0 aliphatic rings. The van der Waals surface area contributed by atoms with Crippen LogP contribution >= 0.6 is 22.6 Å². The van der Waals surface area contributed by atoms with Gasteiger partial charge in [-0.15, -0.1) is 0 Å². The highest BCUT2D eigenvalue weighted by Gasteiger charge is 2.11. The molecule has 1 heterocycles. The third kappa shape index (κ3) is 5.60. The second-order valence-electron chi connectivity index (χ2n) is 4.48. The molecule has 1 aromatic heterocycles. The van der Waals surface area contributed by atoms with Gasteiger partial charge in [0.2, 0.25) is 0 Å². The van der Waals surface area contributed by atoms with E-state index in [2.05, 4.69) is 58.6 Å². The normalized spacial score (nSPS) is 10.7. The number of hydrogen-bond donors (Lipinski definition) is 1. The molecule has 1 rings (SSSR count). The van der Waals surface area contributed by atoms with E-state index >= 15 is 0 Å². The van der Waals surface area contributed by atoms with Gasteiger partial charge in [-0.3, -0.25) is 0 Å². The van der Waals surface area contributed by atoms with Crippen LogP contribution in [0, 0.1) is 3.57 Å². The summed E-state index contributed by atoms with van der Waals surface area (Å²) in [6.07, 6.45) is 4.19. The van der Waals surface area contributed by atoms with Gasteiger partial charge >= 0.3 is 0 Å². The van der Waals surface area contributed by atoms with Gasteiger partial charge in [-0.05, 0) is 41.9 Å². The van der Waals surface area contributed by atoms with Crippen LogP contribution in [-0.4, -0.2) is 23.1 Å². The fourth-order valence-electron chi connectivity index (χ4n) is 1.68. The van der Waals surface area contributed by atoms with Gasteiger partial charge in [0, 0.05) is 13.2 Å².